The van der Waals surface area contributed by atoms with Crippen molar-refractivity contribution in [2.75, 3.05) is 0 Å². The molecule has 0 saturated heterocycles. The van der Waals surface area contributed by atoms with E-state index in [0.29, 0.717) is 19.3 Å². The topological polar surface area (TPSA) is 86.5 Å². The average molecular weight is 293 g/mol. The molecule has 0 heterocycles. The summed E-state index contributed by atoms with van der Waals surface area (Å²) in [7, 11) is 0. The first-order chi connectivity index (χ1) is 9.88. The van der Waals surface area contributed by atoms with E-state index in [9.17, 15) is 19.7 Å². The van der Waals surface area contributed by atoms with Crippen LogP contribution in [0, 0.1) is 10.1 Å². The summed E-state index contributed by atoms with van der Waals surface area (Å²) < 4.78 is 5.04. The van der Waals surface area contributed by atoms with Crippen molar-refractivity contribution in [2.24, 2.45) is 0 Å². The zero-order valence-corrected chi connectivity index (χ0v) is 12.2. The van der Waals surface area contributed by atoms with Gasteiger partial charge in [0.15, 0.2) is 5.78 Å². The monoisotopic (exact) mass is 293 g/mol. The number of esters is 1. The van der Waals surface area contributed by atoms with E-state index in [-0.39, 0.29) is 10.7 Å². The summed E-state index contributed by atoms with van der Waals surface area (Å²) >= 11 is 0. The first kappa shape index (κ1) is 16.8. The molecule has 0 saturated carbocycles. The Morgan fingerprint density at radius 2 is 2.19 bits per heavy atom. The number of allylic oxidation sites excluding steroid dienone is 3. The van der Waals surface area contributed by atoms with Crippen molar-refractivity contribution in [3.8, 4) is 0 Å². The Labute approximate surface area is 123 Å². The van der Waals surface area contributed by atoms with Crippen LogP contribution >= 0.6 is 0 Å². The first-order valence-corrected chi connectivity index (χ1v) is 6.78. The van der Waals surface area contributed by atoms with Crippen molar-refractivity contribution in [1.82, 2.24) is 0 Å². The highest BCUT2D eigenvalue weighted by molar-refractivity contribution is 5.87. The Morgan fingerprint density at radius 3 is 2.81 bits per heavy atom. The Hall–Kier alpha value is -2.24. The lowest BCUT2D eigenvalue weighted by Crippen LogP contribution is -2.22. The number of hydrogen-bond acceptors (Lipinski definition) is 5. The third-order valence-electron chi connectivity index (χ3n) is 3.01. The van der Waals surface area contributed by atoms with E-state index in [2.05, 4.69) is 0 Å². The van der Waals surface area contributed by atoms with Gasteiger partial charge in [0.2, 0.25) is 6.04 Å². The summed E-state index contributed by atoms with van der Waals surface area (Å²) in [5.41, 5.74) is 0.770. The molecule has 6 heteroatoms. The molecule has 0 fully saturated rings. The van der Waals surface area contributed by atoms with Crippen molar-refractivity contribution in [1.29, 1.82) is 0 Å². The molecule has 2 atom stereocenters. The van der Waals surface area contributed by atoms with Crippen molar-refractivity contribution >= 4 is 11.8 Å². The van der Waals surface area contributed by atoms with Gasteiger partial charge in [0.25, 0.3) is 0 Å². The van der Waals surface area contributed by atoms with Crippen LogP contribution in [0.5, 0.6) is 0 Å². The van der Waals surface area contributed by atoms with E-state index in [0.717, 1.165) is 5.57 Å². The van der Waals surface area contributed by atoms with Gasteiger partial charge >= 0.3 is 5.97 Å². The second-order valence-corrected chi connectivity index (χ2v) is 4.94. The molecule has 114 valence electrons. The summed E-state index contributed by atoms with van der Waals surface area (Å²) in [6.45, 7) is 3.06. The molecule has 0 aromatic heterocycles. The summed E-state index contributed by atoms with van der Waals surface area (Å²) in [5.74, 6) is -0.661. The predicted molar refractivity (Wildman–Crippen MR) is 77.2 cm³/mol. The molecule has 21 heavy (non-hydrogen) atoms. The van der Waals surface area contributed by atoms with Gasteiger partial charge in [-0.05, 0) is 38.0 Å². The second-order valence-electron chi connectivity index (χ2n) is 4.94. The molecule has 1 aliphatic carbocycles. The highest BCUT2D eigenvalue weighted by atomic mass is 16.6. The van der Waals surface area contributed by atoms with Crippen molar-refractivity contribution in [2.45, 2.75) is 45.3 Å². The van der Waals surface area contributed by atoms with E-state index >= 15 is 0 Å². The third kappa shape index (κ3) is 6.65. The molecular weight excluding hydrogens is 274 g/mol. The molecule has 0 aromatic carbocycles. The van der Waals surface area contributed by atoms with Crippen LogP contribution in [-0.4, -0.2) is 28.8 Å². The van der Waals surface area contributed by atoms with E-state index < -0.39 is 18.1 Å². The fourth-order valence-electron chi connectivity index (χ4n) is 1.94. The lowest BCUT2D eigenvalue weighted by molar-refractivity contribution is -0.523. The molecule has 6 nitrogen and oxygen atoms in total. The van der Waals surface area contributed by atoms with Crippen LogP contribution in [0.15, 0.2) is 36.0 Å². The van der Waals surface area contributed by atoms with Gasteiger partial charge in [-0.25, -0.2) is 4.79 Å². The van der Waals surface area contributed by atoms with Gasteiger partial charge in [-0.3, -0.25) is 14.9 Å². The standard InChI is InChI=1S/C15H19NO5/c1-11(17)6-7-12(2)21-15(18)9-8-13-4-3-5-14(10-13)16(19)20/h4,6-9,12,14H,3,5,10H2,1-2H3/b7-6-,9-8+/t12-,14?/m0/s1. The van der Waals surface area contributed by atoms with Crippen LogP contribution < -0.4 is 0 Å². The molecule has 0 aromatic rings. The van der Waals surface area contributed by atoms with Crippen LogP contribution in [0.1, 0.15) is 33.1 Å². The van der Waals surface area contributed by atoms with Gasteiger partial charge in [0.1, 0.15) is 6.10 Å². The Morgan fingerprint density at radius 1 is 1.48 bits per heavy atom. The SMILES string of the molecule is CC(=O)/C=C\[C@H](C)OC(=O)/C=C/C1=CCCC([N+](=O)[O-])C1. The zero-order chi connectivity index (χ0) is 15.8. The van der Waals surface area contributed by atoms with Gasteiger partial charge in [0, 0.05) is 23.8 Å². The van der Waals surface area contributed by atoms with Gasteiger partial charge in [-0.2, -0.15) is 0 Å². The maximum Gasteiger partial charge on any atom is 0.331 e. The smallest absolute Gasteiger partial charge is 0.331 e. The van der Waals surface area contributed by atoms with Gasteiger partial charge < -0.3 is 4.74 Å². The predicted octanol–water partition coefficient (Wildman–Crippen LogP) is 2.38. The average Bonchev–Trinajstić information content (AvgIpc) is 2.43. The zero-order valence-electron chi connectivity index (χ0n) is 12.2. The minimum absolute atomic E-state index is 0.119. The highest BCUT2D eigenvalue weighted by Gasteiger charge is 2.23. The largest absolute Gasteiger partial charge is 0.455 e. The van der Waals surface area contributed by atoms with Crippen molar-refractivity contribution in [3.63, 3.8) is 0 Å². The van der Waals surface area contributed by atoms with Crippen molar-refractivity contribution < 1.29 is 19.2 Å². The molecule has 0 spiro atoms. The molecule has 0 bridgehead atoms. The first-order valence-electron chi connectivity index (χ1n) is 6.78. The number of carbonyl (C=O) groups is 2. The summed E-state index contributed by atoms with van der Waals surface area (Å²) in [6, 6.07) is -0.580. The maximum atomic E-state index is 11.6. The van der Waals surface area contributed by atoms with Crippen LogP contribution in [-0.2, 0) is 14.3 Å². The summed E-state index contributed by atoms with van der Waals surface area (Å²) in [5, 5.41) is 10.7. The molecule has 1 rings (SSSR count). The number of ether oxygens (including phenoxy) is 1. The number of nitrogens with zero attached hydrogens (tertiary/aromatic N) is 1. The minimum Gasteiger partial charge on any atom is -0.455 e. The normalized spacial score (nSPS) is 20.3. The highest BCUT2D eigenvalue weighted by Crippen LogP contribution is 2.21. The van der Waals surface area contributed by atoms with Crippen LogP contribution in [0.3, 0.4) is 0 Å². The Balaban J connectivity index is 2.49. The van der Waals surface area contributed by atoms with E-state index in [4.69, 9.17) is 4.74 Å². The Kier molecular flexibility index (Phi) is 6.52. The Bertz CT molecular complexity index is 504. The molecule has 0 radical (unpaired) electrons. The van der Waals surface area contributed by atoms with Crippen LogP contribution in [0.4, 0.5) is 0 Å². The van der Waals surface area contributed by atoms with Gasteiger partial charge in [0.05, 0.1) is 0 Å². The minimum atomic E-state index is -0.580. The van der Waals surface area contributed by atoms with E-state index in [1.54, 1.807) is 13.0 Å². The quantitative estimate of drug-likeness (QED) is 0.325. The maximum absolute atomic E-state index is 11.6. The van der Waals surface area contributed by atoms with Crippen molar-refractivity contribution in [3.05, 3.63) is 46.1 Å². The van der Waals surface area contributed by atoms with E-state index in [1.165, 1.54) is 25.2 Å². The fraction of sp³-hybridized carbons (Fsp3) is 0.467. The lowest BCUT2D eigenvalue weighted by atomic mass is 9.95. The van der Waals surface area contributed by atoms with Gasteiger partial charge in [-0.1, -0.05) is 12.2 Å². The van der Waals surface area contributed by atoms with Gasteiger partial charge in [-0.15, -0.1) is 0 Å². The molecular formula is C15H19NO5. The molecule has 0 N–H and O–H groups in total. The number of nitro groups is 1. The number of rotatable bonds is 6. The number of hydrogen-bond donors (Lipinski definition) is 0. The number of carbonyl (C=O) groups excluding carboxylic acids is 2. The third-order valence-corrected chi connectivity index (χ3v) is 3.01. The molecule has 0 amide bonds. The summed E-state index contributed by atoms with van der Waals surface area (Å²) in [4.78, 5) is 32.8. The summed E-state index contributed by atoms with van der Waals surface area (Å²) in [6.07, 6.45) is 8.53. The lowest BCUT2D eigenvalue weighted by Gasteiger charge is -2.14. The molecule has 1 aliphatic rings. The van der Waals surface area contributed by atoms with E-state index in [1.807, 2.05) is 6.08 Å². The second kappa shape index (κ2) is 8.14. The number of ketones is 1. The molecule has 1 unspecified atom stereocenters. The molecule has 0 aliphatic heterocycles. The van der Waals surface area contributed by atoms with Crippen LogP contribution in [0.25, 0.3) is 0 Å². The fourth-order valence-corrected chi connectivity index (χ4v) is 1.94. The van der Waals surface area contributed by atoms with Crippen LogP contribution in [0.2, 0.25) is 0 Å².